The largest absolute Gasteiger partial charge is 0.494 e. The molecule has 0 saturated carbocycles. The molecular formula is C9H8ClNOS. The third-order valence-corrected chi connectivity index (χ3v) is 2.78. The lowest BCUT2D eigenvalue weighted by Crippen LogP contribution is -1.90. The average molecular weight is 214 g/mol. The second-order valence-electron chi connectivity index (χ2n) is 2.53. The molecule has 0 fully saturated rings. The first-order valence-electron chi connectivity index (χ1n) is 3.98. The minimum atomic E-state index is 0.573. The Labute approximate surface area is 85.1 Å². The molecule has 13 heavy (non-hydrogen) atoms. The van der Waals surface area contributed by atoms with Gasteiger partial charge in [-0.05, 0) is 19.1 Å². The normalized spacial score (nSPS) is 10.6. The van der Waals surface area contributed by atoms with Crippen LogP contribution in [0.15, 0.2) is 18.2 Å². The number of rotatable bonds is 2. The van der Waals surface area contributed by atoms with Crippen molar-refractivity contribution in [3.63, 3.8) is 0 Å². The van der Waals surface area contributed by atoms with Crippen molar-refractivity contribution >= 4 is 33.2 Å². The van der Waals surface area contributed by atoms with Gasteiger partial charge in [0.1, 0.15) is 5.75 Å². The molecule has 0 bridgehead atoms. The summed E-state index contributed by atoms with van der Waals surface area (Å²) in [5.41, 5.74) is 0.904. The predicted molar refractivity (Wildman–Crippen MR) is 55.8 cm³/mol. The standard InChI is InChI=1S/C9H8ClNOS/c1-2-12-6-3-4-8-7(5-6)11-9(10)13-8/h3-5H,2H2,1H3. The summed E-state index contributed by atoms with van der Waals surface area (Å²) in [7, 11) is 0. The Hall–Kier alpha value is -0.800. The van der Waals surface area contributed by atoms with Crippen LogP contribution in [0.2, 0.25) is 4.47 Å². The molecule has 1 aromatic carbocycles. The highest BCUT2D eigenvalue weighted by molar-refractivity contribution is 7.22. The second-order valence-corrected chi connectivity index (χ2v) is 4.14. The minimum absolute atomic E-state index is 0.573. The van der Waals surface area contributed by atoms with Gasteiger partial charge in [0.05, 0.1) is 16.8 Å². The summed E-state index contributed by atoms with van der Waals surface area (Å²) < 4.78 is 7.01. The molecule has 0 spiro atoms. The zero-order valence-corrected chi connectivity index (χ0v) is 8.65. The van der Waals surface area contributed by atoms with Crippen LogP contribution in [0.5, 0.6) is 5.75 Å². The first-order chi connectivity index (χ1) is 6.29. The van der Waals surface area contributed by atoms with Gasteiger partial charge < -0.3 is 4.74 Å². The van der Waals surface area contributed by atoms with Gasteiger partial charge in [0.2, 0.25) is 0 Å². The number of thiazole rings is 1. The van der Waals surface area contributed by atoms with Gasteiger partial charge in [0, 0.05) is 6.07 Å². The molecule has 0 aliphatic carbocycles. The molecule has 2 aromatic rings. The molecule has 0 saturated heterocycles. The van der Waals surface area contributed by atoms with E-state index in [4.69, 9.17) is 16.3 Å². The van der Waals surface area contributed by atoms with Gasteiger partial charge in [0.25, 0.3) is 0 Å². The van der Waals surface area contributed by atoms with Crippen LogP contribution in [0.4, 0.5) is 0 Å². The van der Waals surface area contributed by atoms with Gasteiger partial charge >= 0.3 is 0 Å². The molecule has 1 heterocycles. The SMILES string of the molecule is CCOc1ccc2sc(Cl)nc2c1. The lowest BCUT2D eigenvalue weighted by atomic mass is 10.3. The Balaban J connectivity index is 2.48. The number of hydrogen-bond donors (Lipinski definition) is 0. The number of fused-ring (bicyclic) bond motifs is 1. The van der Waals surface area contributed by atoms with E-state index in [0.29, 0.717) is 11.1 Å². The number of ether oxygens (including phenoxy) is 1. The molecule has 2 rings (SSSR count). The van der Waals surface area contributed by atoms with E-state index in [0.717, 1.165) is 16.0 Å². The summed E-state index contributed by atoms with van der Waals surface area (Å²) >= 11 is 7.26. The minimum Gasteiger partial charge on any atom is -0.494 e. The van der Waals surface area contributed by atoms with Crippen molar-refractivity contribution in [1.82, 2.24) is 4.98 Å². The molecule has 0 aliphatic rings. The van der Waals surface area contributed by atoms with E-state index in [1.807, 2.05) is 25.1 Å². The van der Waals surface area contributed by atoms with Crippen LogP contribution in [0.1, 0.15) is 6.92 Å². The van der Waals surface area contributed by atoms with Crippen molar-refractivity contribution in [3.05, 3.63) is 22.7 Å². The topological polar surface area (TPSA) is 22.1 Å². The zero-order valence-electron chi connectivity index (χ0n) is 7.08. The Bertz CT molecular complexity index is 426. The van der Waals surface area contributed by atoms with E-state index in [1.165, 1.54) is 11.3 Å². The fourth-order valence-corrected chi connectivity index (χ4v) is 2.15. The van der Waals surface area contributed by atoms with Gasteiger partial charge in [-0.25, -0.2) is 4.98 Å². The highest BCUT2D eigenvalue weighted by atomic mass is 35.5. The monoisotopic (exact) mass is 213 g/mol. The van der Waals surface area contributed by atoms with E-state index < -0.39 is 0 Å². The Morgan fingerprint density at radius 3 is 3.15 bits per heavy atom. The number of nitrogens with zero attached hydrogens (tertiary/aromatic N) is 1. The molecule has 2 nitrogen and oxygen atoms in total. The van der Waals surface area contributed by atoms with Crippen molar-refractivity contribution in [2.45, 2.75) is 6.92 Å². The third-order valence-electron chi connectivity index (χ3n) is 1.64. The summed E-state index contributed by atoms with van der Waals surface area (Å²) in [6.45, 7) is 2.63. The fraction of sp³-hybridized carbons (Fsp3) is 0.222. The van der Waals surface area contributed by atoms with Gasteiger partial charge in [0.15, 0.2) is 4.47 Å². The van der Waals surface area contributed by atoms with Crippen LogP contribution in [-0.4, -0.2) is 11.6 Å². The molecule has 0 unspecified atom stereocenters. The summed E-state index contributed by atoms with van der Waals surface area (Å²) in [4.78, 5) is 4.16. The van der Waals surface area contributed by atoms with E-state index in [9.17, 15) is 0 Å². The Morgan fingerprint density at radius 2 is 2.38 bits per heavy atom. The van der Waals surface area contributed by atoms with E-state index in [-0.39, 0.29) is 0 Å². The van der Waals surface area contributed by atoms with E-state index in [1.54, 1.807) is 0 Å². The van der Waals surface area contributed by atoms with Crippen molar-refractivity contribution in [1.29, 1.82) is 0 Å². The van der Waals surface area contributed by atoms with Gasteiger partial charge in [-0.2, -0.15) is 0 Å². The number of hydrogen-bond acceptors (Lipinski definition) is 3. The van der Waals surface area contributed by atoms with Crippen LogP contribution in [0, 0.1) is 0 Å². The lowest BCUT2D eigenvalue weighted by molar-refractivity contribution is 0.340. The zero-order chi connectivity index (χ0) is 9.26. The van der Waals surface area contributed by atoms with Gasteiger partial charge in [-0.1, -0.05) is 11.6 Å². The van der Waals surface area contributed by atoms with E-state index >= 15 is 0 Å². The molecule has 0 aliphatic heterocycles. The lowest BCUT2D eigenvalue weighted by Gasteiger charge is -2.00. The second kappa shape index (κ2) is 3.52. The summed E-state index contributed by atoms with van der Waals surface area (Å²) in [6.07, 6.45) is 0. The highest BCUT2D eigenvalue weighted by Gasteiger charge is 2.02. The number of aromatic nitrogens is 1. The highest BCUT2D eigenvalue weighted by Crippen LogP contribution is 2.28. The summed E-state index contributed by atoms with van der Waals surface area (Å²) in [5.74, 6) is 0.844. The molecule has 0 atom stereocenters. The van der Waals surface area contributed by atoms with Gasteiger partial charge in [-0.15, -0.1) is 11.3 Å². The smallest absolute Gasteiger partial charge is 0.184 e. The molecule has 0 N–H and O–H groups in total. The van der Waals surface area contributed by atoms with Crippen LogP contribution in [-0.2, 0) is 0 Å². The van der Waals surface area contributed by atoms with Crippen LogP contribution in [0.3, 0.4) is 0 Å². The average Bonchev–Trinajstić information content (AvgIpc) is 2.44. The van der Waals surface area contributed by atoms with Crippen LogP contribution in [0.25, 0.3) is 10.2 Å². The fourth-order valence-electron chi connectivity index (χ4n) is 1.14. The summed E-state index contributed by atoms with van der Waals surface area (Å²) in [5, 5.41) is 0. The molecular weight excluding hydrogens is 206 g/mol. The Morgan fingerprint density at radius 1 is 1.54 bits per heavy atom. The number of halogens is 1. The third kappa shape index (κ3) is 1.76. The maximum absolute atomic E-state index is 5.78. The van der Waals surface area contributed by atoms with Crippen LogP contribution < -0.4 is 4.74 Å². The first kappa shape index (κ1) is 8.78. The Kier molecular flexibility index (Phi) is 2.38. The number of benzene rings is 1. The van der Waals surface area contributed by atoms with Crippen molar-refractivity contribution in [2.75, 3.05) is 6.61 Å². The van der Waals surface area contributed by atoms with Crippen molar-refractivity contribution in [3.8, 4) is 5.75 Å². The van der Waals surface area contributed by atoms with Gasteiger partial charge in [-0.3, -0.25) is 0 Å². The maximum atomic E-state index is 5.78. The van der Waals surface area contributed by atoms with E-state index in [2.05, 4.69) is 4.98 Å². The molecule has 4 heteroatoms. The molecule has 68 valence electrons. The molecule has 1 aromatic heterocycles. The molecule has 0 radical (unpaired) electrons. The van der Waals surface area contributed by atoms with Crippen molar-refractivity contribution in [2.24, 2.45) is 0 Å². The summed E-state index contributed by atoms with van der Waals surface area (Å²) in [6, 6.07) is 5.81. The first-order valence-corrected chi connectivity index (χ1v) is 5.18. The van der Waals surface area contributed by atoms with Crippen molar-refractivity contribution < 1.29 is 4.74 Å². The quantitative estimate of drug-likeness (QED) is 0.763. The predicted octanol–water partition coefficient (Wildman–Crippen LogP) is 3.35. The maximum Gasteiger partial charge on any atom is 0.184 e. The molecule has 0 amide bonds. The van der Waals surface area contributed by atoms with Crippen LogP contribution >= 0.6 is 22.9 Å².